The first-order valence-electron chi connectivity index (χ1n) is 8.01. The van der Waals surface area contributed by atoms with Gasteiger partial charge in [0, 0.05) is 22.7 Å². The summed E-state index contributed by atoms with van der Waals surface area (Å²) >= 11 is 6.17. The molecule has 2 aromatic heterocycles. The van der Waals surface area contributed by atoms with Crippen LogP contribution in [0.4, 0.5) is 4.39 Å². The molecule has 0 atom stereocenters. The first-order chi connectivity index (χ1) is 12.6. The van der Waals surface area contributed by atoms with Crippen molar-refractivity contribution in [1.29, 1.82) is 5.26 Å². The highest BCUT2D eigenvalue weighted by Gasteiger charge is 2.13. The SMILES string of the molecule is Cc1cc(C#N)cnc1-c1ccc2[nH]c(-c3c(F)cccc3Cl)cc2c1. The van der Waals surface area contributed by atoms with E-state index in [-0.39, 0.29) is 5.82 Å². The van der Waals surface area contributed by atoms with E-state index in [0.717, 1.165) is 27.7 Å². The summed E-state index contributed by atoms with van der Waals surface area (Å²) in [4.78, 5) is 7.62. The van der Waals surface area contributed by atoms with E-state index in [9.17, 15) is 4.39 Å². The monoisotopic (exact) mass is 361 g/mol. The van der Waals surface area contributed by atoms with E-state index in [2.05, 4.69) is 16.0 Å². The van der Waals surface area contributed by atoms with Crippen molar-refractivity contribution in [2.75, 3.05) is 0 Å². The Kier molecular flexibility index (Phi) is 3.95. The van der Waals surface area contributed by atoms with Crippen molar-refractivity contribution in [2.24, 2.45) is 0 Å². The molecule has 4 aromatic rings. The summed E-state index contributed by atoms with van der Waals surface area (Å²) in [5.41, 5.74) is 5.09. The number of aromatic amines is 1. The Labute approximate surface area is 154 Å². The molecule has 0 unspecified atom stereocenters. The van der Waals surface area contributed by atoms with E-state index < -0.39 is 0 Å². The fourth-order valence-electron chi connectivity index (χ4n) is 3.11. The number of fused-ring (bicyclic) bond motifs is 1. The van der Waals surface area contributed by atoms with E-state index in [0.29, 0.717) is 21.8 Å². The number of nitrogens with one attached hydrogen (secondary N) is 1. The predicted octanol–water partition coefficient (Wildman–Crippen LogP) is 5.87. The molecule has 0 fully saturated rings. The lowest BCUT2D eigenvalue weighted by Gasteiger charge is -2.05. The Morgan fingerprint density at radius 2 is 2.00 bits per heavy atom. The minimum atomic E-state index is -0.367. The van der Waals surface area contributed by atoms with Gasteiger partial charge in [-0.25, -0.2) is 4.39 Å². The number of benzene rings is 2. The van der Waals surface area contributed by atoms with E-state index in [1.165, 1.54) is 6.07 Å². The number of hydrogen-bond acceptors (Lipinski definition) is 2. The number of halogens is 2. The van der Waals surface area contributed by atoms with E-state index in [1.54, 1.807) is 18.3 Å². The molecule has 2 aromatic carbocycles. The zero-order chi connectivity index (χ0) is 18.3. The fraction of sp³-hybridized carbons (Fsp3) is 0.0476. The van der Waals surface area contributed by atoms with Crippen LogP contribution in [0.5, 0.6) is 0 Å². The van der Waals surface area contributed by atoms with Crippen molar-refractivity contribution in [3.05, 3.63) is 76.7 Å². The third kappa shape index (κ3) is 2.73. The topological polar surface area (TPSA) is 52.5 Å². The second kappa shape index (κ2) is 6.29. The second-order valence-corrected chi connectivity index (χ2v) is 6.49. The predicted molar refractivity (Wildman–Crippen MR) is 101 cm³/mol. The average molecular weight is 362 g/mol. The maximum atomic E-state index is 14.2. The molecule has 0 amide bonds. The van der Waals surface area contributed by atoms with E-state index >= 15 is 0 Å². The van der Waals surface area contributed by atoms with Crippen molar-refractivity contribution in [2.45, 2.75) is 6.92 Å². The Balaban J connectivity index is 1.83. The molecule has 0 spiro atoms. The molecule has 0 saturated heterocycles. The van der Waals surface area contributed by atoms with Gasteiger partial charge in [0.2, 0.25) is 0 Å². The van der Waals surface area contributed by atoms with Crippen LogP contribution < -0.4 is 0 Å². The highest BCUT2D eigenvalue weighted by molar-refractivity contribution is 6.33. The van der Waals surface area contributed by atoms with Gasteiger partial charge in [-0.1, -0.05) is 23.7 Å². The number of nitrogens with zero attached hydrogens (tertiary/aromatic N) is 2. The Bertz CT molecular complexity index is 1170. The van der Waals surface area contributed by atoms with Crippen LogP contribution in [0, 0.1) is 24.1 Å². The molecule has 126 valence electrons. The molecule has 0 aliphatic rings. The average Bonchev–Trinajstić information content (AvgIpc) is 3.04. The summed E-state index contributed by atoms with van der Waals surface area (Å²) in [6.07, 6.45) is 1.56. The third-order valence-electron chi connectivity index (χ3n) is 4.33. The van der Waals surface area contributed by atoms with Crippen LogP contribution in [0.3, 0.4) is 0 Å². The number of rotatable bonds is 2. The van der Waals surface area contributed by atoms with Gasteiger partial charge in [0.05, 0.1) is 27.5 Å². The molecule has 26 heavy (non-hydrogen) atoms. The summed E-state index contributed by atoms with van der Waals surface area (Å²) in [6.45, 7) is 1.93. The number of pyridine rings is 1. The van der Waals surface area contributed by atoms with Crippen LogP contribution in [0.1, 0.15) is 11.1 Å². The van der Waals surface area contributed by atoms with Crippen molar-refractivity contribution >= 4 is 22.5 Å². The third-order valence-corrected chi connectivity index (χ3v) is 4.65. The summed E-state index contributed by atoms with van der Waals surface area (Å²) < 4.78 is 14.2. The molecule has 0 radical (unpaired) electrons. The maximum absolute atomic E-state index is 14.2. The maximum Gasteiger partial charge on any atom is 0.134 e. The summed E-state index contributed by atoms with van der Waals surface area (Å²) in [7, 11) is 0. The Morgan fingerprint density at radius 1 is 1.15 bits per heavy atom. The molecule has 1 N–H and O–H groups in total. The number of aryl methyl sites for hydroxylation is 1. The molecule has 0 aliphatic carbocycles. The van der Waals surface area contributed by atoms with Gasteiger partial charge in [-0.15, -0.1) is 0 Å². The molecule has 5 heteroatoms. The highest BCUT2D eigenvalue weighted by Crippen LogP contribution is 2.33. The highest BCUT2D eigenvalue weighted by atomic mass is 35.5. The first-order valence-corrected chi connectivity index (χ1v) is 8.39. The minimum Gasteiger partial charge on any atom is -0.354 e. The van der Waals surface area contributed by atoms with Gasteiger partial charge in [-0.3, -0.25) is 4.98 Å². The first kappa shape index (κ1) is 16.3. The number of nitriles is 1. The molecule has 2 heterocycles. The lowest BCUT2D eigenvalue weighted by Crippen LogP contribution is -1.89. The van der Waals surface area contributed by atoms with Crippen LogP contribution in [0.25, 0.3) is 33.4 Å². The van der Waals surface area contributed by atoms with Crippen molar-refractivity contribution in [3.63, 3.8) is 0 Å². The summed E-state index contributed by atoms with van der Waals surface area (Å²) in [6, 6.07) is 16.3. The van der Waals surface area contributed by atoms with Gasteiger partial charge < -0.3 is 4.98 Å². The zero-order valence-electron chi connectivity index (χ0n) is 13.8. The normalized spacial score (nSPS) is 10.8. The van der Waals surface area contributed by atoms with Gasteiger partial charge in [0.15, 0.2) is 0 Å². The van der Waals surface area contributed by atoms with Gasteiger partial charge in [0.25, 0.3) is 0 Å². The molecule has 0 saturated carbocycles. The van der Waals surface area contributed by atoms with E-state index in [1.807, 2.05) is 37.3 Å². The number of hydrogen-bond donors (Lipinski definition) is 1. The number of aromatic nitrogens is 2. The van der Waals surface area contributed by atoms with Crippen LogP contribution >= 0.6 is 11.6 Å². The van der Waals surface area contributed by atoms with Crippen molar-refractivity contribution < 1.29 is 4.39 Å². The lowest BCUT2D eigenvalue weighted by atomic mass is 10.0. The van der Waals surface area contributed by atoms with Crippen LogP contribution in [0.2, 0.25) is 5.02 Å². The lowest BCUT2D eigenvalue weighted by molar-refractivity contribution is 0.631. The quantitative estimate of drug-likeness (QED) is 0.485. The van der Waals surface area contributed by atoms with Gasteiger partial charge in [-0.2, -0.15) is 5.26 Å². The van der Waals surface area contributed by atoms with Crippen LogP contribution in [-0.2, 0) is 0 Å². The summed E-state index contributed by atoms with van der Waals surface area (Å²) in [5.74, 6) is -0.367. The van der Waals surface area contributed by atoms with Crippen LogP contribution in [-0.4, -0.2) is 9.97 Å². The second-order valence-electron chi connectivity index (χ2n) is 6.08. The Morgan fingerprint density at radius 3 is 2.73 bits per heavy atom. The number of H-pyrrole nitrogens is 1. The van der Waals surface area contributed by atoms with Gasteiger partial charge in [-0.05, 0) is 48.9 Å². The largest absolute Gasteiger partial charge is 0.354 e. The standard InChI is InChI=1S/C21H13ClFN3/c1-12-7-13(10-24)11-25-21(12)14-5-6-18-15(8-14)9-19(26-18)20-16(22)3-2-4-17(20)23/h2-9,11,26H,1H3. The van der Waals surface area contributed by atoms with Gasteiger partial charge >= 0.3 is 0 Å². The fourth-order valence-corrected chi connectivity index (χ4v) is 3.37. The zero-order valence-corrected chi connectivity index (χ0v) is 14.6. The molecular weight excluding hydrogens is 349 g/mol. The molecule has 0 aliphatic heterocycles. The molecule has 3 nitrogen and oxygen atoms in total. The Hall–Kier alpha value is -3.16. The van der Waals surface area contributed by atoms with Crippen molar-refractivity contribution in [3.8, 4) is 28.6 Å². The molecule has 4 rings (SSSR count). The molecule has 0 bridgehead atoms. The minimum absolute atomic E-state index is 0.361. The van der Waals surface area contributed by atoms with Crippen molar-refractivity contribution in [1.82, 2.24) is 9.97 Å². The van der Waals surface area contributed by atoms with Crippen LogP contribution in [0.15, 0.2) is 54.7 Å². The van der Waals surface area contributed by atoms with E-state index in [4.69, 9.17) is 16.9 Å². The smallest absolute Gasteiger partial charge is 0.134 e. The molecular formula is C21H13ClFN3. The van der Waals surface area contributed by atoms with Gasteiger partial charge in [0.1, 0.15) is 11.9 Å². The summed E-state index contributed by atoms with van der Waals surface area (Å²) in [5, 5.41) is 10.3.